The molecule has 0 aromatic carbocycles. The van der Waals surface area contributed by atoms with Crippen LogP contribution in [0.3, 0.4) is 0 Å². The summed E-state index contributed by atoms with van der Waals surface area (Å²) < 4.78 is 0.558. The Morgan fingerprint density at radius 3 is 2.72 bits per heavy atom. The molecule has 0 aliphatic rings. The van der Waals surface area contributed by atoms with Crippen molar-refractivity contribution in [3.8, 4) is 0 Å². The molecule has 0 radical (unpaired) electrons. The van der Waals surface area contributed by atoms with Gasteiger partial charge in [0.05, 0.1) is 5.69 Å². The van der Waals surface area contributed by atoms with Crippen LogP contribution in [-0.2, 0) is 0 Å². The lowest BCUT2D eigenvalue weighted by Crippen LogP contribution is -2.07. The third-order valence-corrected chi connectivity index (χ3v) is 4.12. The van der Waals surface area contributed by atoms with E-state index in [1.54, 1.807) is 13.8 Å². The number of hydrogen-bond donors (Lipinski definition) is 2. The van der Waals surface area contributed by atoms with Gasteiger partial charge >= 0.3 is 5.97 Å². The van der Waals surface area contributed by atoms with Crippen molar-refractivity contribution < 1.29 is 9.90 Å². The highest BCUT2D eigenvalue weighted by Gasteiger charge is 2.15. The van der Waals surface area contributed by atoms with Gasteiger partial charge in [0, 0.05) is 6.07 Å². The van der Waals surface area contributed by atoms with Crippen molar-refractivity contribution >= 4 is 29.1 Å². The van der Waals surface area contributed by atoms with Crippen molar-refractivity contribution in [3.05, 3.63) is 32.8 Å². The van der Waals surface area contributed by atoms with Crippen molar-refractivity contribution in [2.45, 2.75) is 23.2 Å². The summed E-state index contributed by atoms with van der Waals surface area (Å²) in [4.78, 5) is 33.2. The van der Waals surface area contributed by atoms with E-state index in [-0.39, 0.29) is 10.4 Å². The van der Waals surface area contributed by atoms with Crippen LogP contribution in [0.15, 0.2) is 20.2 Å². The fourth-order valence-electron chi connectivity index (χ4n) is 1.31. The van der Waals surface area contributed by atoms with E-state index in [1.807, 2.05) is 0 Å². The summed E-state index contributed by atoms with van der Waals surface area (Å²) in [6.45, 7) is 3.32. The lowest BCUT2D eigenvalue weighted by atomic mass is 10.4. The maximum absolute atomic E-state index is 11.3. The van der Waals surface area contributed by atoms with E-state index in [0.717, 1.165) is 11.3 Å². The van der Waals surface area contributed by atoms with Gasteiger partial charge in [-0.1, -0.05) is 11.3 Å². The lowest BCUT2D eigenvalue weighted by molar-refractivity contribution is 0.0701. The van der Waals surface area contributed by atoms with Gasteiger partial charge in [0.1, 0.15) is 15.7 Å². The minimum Gasteiger partial charge on any atom is -0.477 e. The Bertz CT molecular complexity index is 663. The Kier molecular flexibility index (Phi) is 3.48. The first-order valence-electron chi connectivity index (χ1n) is 4.92. The molecule has 0 amide bonds. The summed E-state index contributed by atoms with van der Waals surface area (Å²) >= 11 is 2.26. The summed E-state index contributed by atoms with van der Waals surface area (Å²) in [6, 6.07) is 1.36. The number of aromatic nitrogens is 3. The van der Waals surface area contributed by atoms with E-state index in [4.69, 9.17) is 5.11 Å². The van der Waals surface area contributed by atoms with Crippen LogP contribution < -0.4 is 5.56 Å². The van der Waals surface area contributed by atoms with E-state index < -0.39 is 5.97 Å². The molecule has 0 aliphatic heterocycles. The molecule has 2 heterocycles. The average molecular weight is 283 g/mol. The average Bonchev–Trinajstić information content (AvgIpc) is 2.57. The van der Waals surface area contributed by atoms with Gasteiger partial charge < -0.3 is 10.1 Å². The Balaban J connectivity index is 2.31. The van der Waals surface area contributed by atoms with E-state index in [0.29, 0.717) is 20.9 Å². The van der Waals surface area contributed by atoms with E-state index in [2.05, 4.69) is 15.0 Å². The zero-order valence-corrected chi connectivity index (χ0v) is 11.2. The number of carboxylic acid groups (broad SMARTS) is 1. The summed E-state index contributed by atoms with van der Waals surface area (Å²) in [5.41, 5.74) is 0.230. The molecule has 94 valence electrons. The van der Waals surface area contributed by atoms with Crippen LogP contribution in [0.1, 0.15) is 21.2 Å². The van der Waals surface area contributed by atoms with Crippen LogP contribution in [0.25, 0.3) is 0 Å². The van der Waals surface area contributed by atoms with Gasteiger partial charge in [-0.3, -0.25) is 4.79 Å². The van der Waals surface area contributed by atoms with Gasteiger partial charge in [0.15, 0.2) is 4.34 Å². The molecular formula is C10H9N3O3S2. The first kappa shape index (κ1) is 12.8. The molecule has 2 aromatic rings. The molecule has 2 rings (SSSR count). The van der Waals surface area contributed by atoms with Gasteiger partial charge in [0.2, 0.25) is 0 Å². The molecule has 0 spiro atoms. The highest BCUT2D eigenvalue weighted by Crippen LogP contribution is 2.31. The van der Waals surface area contributed by atoms with Crippen molar-refractivity contribution in [2.75, 3.05) is 0 Å². The third-order valence-electron chi connectivity index (χ3n) is 2.00. The normalized spacial score (nSPS) is 10.6. The van der Waals surface area contributed by atoms with Crippen LogP contribution in [0.4, 0.5) is 0 Å². The standard InChI is InChI=1S/C10H9N3O3S2/c1-4-8(9(15)16)18-10(11-4)17-7-3-6(14)12-5(2)13-7/h3H,1-2H3,(H,15,16)(H,12,13,14). The first-order chi connectivity index (χ1) is 8.45. The summed E-state index contributed by atoms with van der Waals surface area (Å²) in [5.74, 6) is -0.483. The molecule has 0 fully saturated rings. The highest BCUT2D eigenvalue weighted by atomic mass is 32.2. The van der Waals surface area contributed by atoms with Crippen LogP contribution in [-0.4, -0.2) is 26.0 Å². The van der Waals surface area contributed by atoms with Gasteiger partial charge in [-0.25, -0.2) is 14.8 Å². The predicted molar refractivity (Wildman–Crippen MR) is 67.5 cm³/mol. The minimum atomic E-state index is -0.994. The molecule has 0 unspecified atom stereocenters. The number of carbonyl (C=O) groups is 1. The number of nitrogens with one attached hydrogen (secondary N) is 1. The molecule has 18 heavy (non-hydrogen) atoms. The first-order valence-corrected chi connectivity index (χ1v) is 6.55. The predicted octanol–water partition coefficient (Wildman–Crippen LogP) is 1.69. The summed E-state index contributed by atoms with van der Waals surface area (Å²) in [5, 5.41) is 9.43. The van der Waals surface area contributed by atoms with Crippen molar-refractivity contribution in [2.24, 2.45) is 0 Å². The SMILES string of the molecule is Cc1nc(Sc2nc(C)c(C(=O)O)s2)cc(=O)[nH]1. The van der Waals surface area contributed by atoms with Crippen LogP contribution in [0, 0.1) is 13.8 Å². The lowest BCUT2D eigenvalue weighted by Gasteiger charge is -1.97. The Labute approximate surface area is 110 Å². The van der Waals surface area contributed by atoms with Crippen molar-refractivity contribution in [1.29, 1.82) is 0 Å². The quantitative estimate of drug-likeness (QED) is 0.832. The van der Waals surface area contributed by atoms with Gasteiger partial charge in [-0.15, -0.1) is 0 Å². The number of nitrogens with zero attached hydrogens (tertiary/aromatic N) is 2. The number of hydrogen-bond acceptors (Lipinski definition) is 6. The number of carboxylic acids is 1. The van der Waals surface area contributed by atoms with Gasteiger partial charge in [0.25, 0.3) is 5.56 Å². The molecule has 0 bridgehead atoms. The fraction of sp³-hybridized carbons (Fsp3) is 0.200. The maximum atomic E-state index is 11.3. The molecule has 6 nitrogen and oxygen atoms in total. The monoisotopic (exact) mass is 283 g/mol. The number of aryl methyl sites for hydroxylation is 2. The second kappa shape index (κ2) is 4.91. The molecule has 2 aromatic heterocycles. The second-order valence-corrected chi connectivity index (χ2v) is 5.74. The zero-order chi connectivity index (χ0) is 13.3. The Morgan fingerprint density at radius 2 is 2.17 bits per heavy atom. The minimum absolute atomic E-state index is 0.207. The molecule has 0 saturated carbocycles. The van der Waals surface area contributed by atoms with Crippen molar-refractivity contribution in [1.82, 2.24) is 15.0 Å². The van der Waals surface area contributed by atoms with Crippen LogP contribution >= 0.6 is 23.1 Å². The number of thiazole rings is 1. The summed E-state index contributed by atoms with van der Waals surface area (Å²) in [7, 11) is 0. The molecule has 8 heteroatoms. The molecule has 0 aliphatic carbocycles. The number of H-pyrrole nitrogens is 1. The Morgan fingerprint density at radius 1 is 1.44 bits per heavy atom. The number of aromatic amines is 1. The largest absolute Gasteiger partial charge is 0.477 e. The van der Waals surface area contributed by atoms with Crippen LogP contribution in [0.2, 0.25) is 0 Å². The molecule has 2 N–H and O–H groups in total. The van der Waals surface area contributed by atoms with Crippen LogP contribution in [0.5, 0.6) is 0 Å². The molecule has 0 atom stereocenters. The summed E-state index contributed by atoms with van der Waals surface area (Å²) in [6.07, 6.45) is 0. The van der Waals surface area contributed by atoms with E-state index in [9.17, 15) is 9.59 Å². The Hall–Kier alpha value is -1.67. The number of aromatic carboxylic acids is 1. The zero-order valence-electron chi connectivity index (χ0n) is 9.55. The fourth-order valence-corrected chi connectivity index (χ4v) is 3.33. The topological polar surface area (TPSA) is 95.9 Å². The van der Waals surface area contributed by atoms with Crippen molar-refractivity contribution in [3.63, 3.8) is 0 Å². The van der Waals surface area contributed by atoms with E-state index in [1.165, 1.54) is 17.8 Å². The highest BCUT2D eigenvalue weighted by molar-refractivity contribution is 8.01. The number of rotatable bonds is 3. The molecule has 0 saturated heterocycles. The maximum Gasteiger partial charge on any atom is 0.347 e. The smallest absolute Gasteiger partial charge is 0.347 e. The van der Waals surface area contributed by atoms with E-state index >= 15 is 0 Å². The second-order valence-electron chi connectivity index (χ2n) is 3.47. The van der Waals surface area contributed by atoms with Gasteiger partial charge in [-0.05, 0) is 25.6 Å². The molecular weight excluding hydrogens is 274 g/mol. The third kappa shape index (κ3) is 2.77. The van der Waals surface area contributed by atoms with Gasteiger partial charge in [-0.2, -0.15) is 0 Å².